The summed E-state index contributed by atoms with van der Waals surface area (Å²) in [6.45, 7) is 5.99. The molecule has 2 aromatic carbocycles. The fraction of sp³-hybridized carbons (Fsp3) is 0.190. The minimum absolute atomic E-state index is 0.342. The molecule has 126 valence electrons. The number of hydrogen-bond donors (Lipinski definition) is 0. The van der Waals surface area contributed by atoms with E-state index in [-0.39, 0.29) is 11.0 Å². The number of carbonyl (C=O) groups excluding carboxylic acids is 1. The highest BCUT2D eigenvalue weighted by Crippen LogP contribution is 2.22. The molecular weight excluding hydrogens is 312 g/mol. The van der Waals surface area contributed by atoms with Crippen LogP contribution >= 0.6 is 0 Å². The van der Waals surface area contributed by atoms with Crippen LogP contribution in [0.2, 0.25) is 0 Å². The molecule has 1 amide bonds. The predicted octanol–water partition coefficient (Wildman–Crippen LogP) is 4.51. The Kier molecular flexibility index (Phi) is 4.36. The fourth-order valence-electron chi connectivity index (χ4n) is 2.79. The van der Waals surface area contributed by atoms with Crippen molar-refractivity contribution in [2.45, 2.75) is 20.8 Å². The normalized spacial score (nSPS) is 12.4. The number of pyridine rings is 1. The van der Waals surface area contributed by atoms with Gasteiger partial charge >= 0.3 is 6.03 Å². The first kappa shape index (κ1) is 16.8. The molecule has 3 aromatic rings. The molecule has 0 saturated carbocycles. The van der Waals surface area contributed by atoms with Crippen molar-refractivity contribution in [1.82, 2.24) is 4.57 Å². The largest absolute Gasteiger partial charge is 0.355 e. The summed E-state index contributed by atoms with van der Waals surface area (Å²) in [5, 5.41) is 0.822. The first-order valence-corrected chi connectivity index (χ1v) is 8.17. The Bertz CT molecular complexity index is 1010. The number of fused-ring (bicyclic) bond motifs is 1. The van der Waals surface area contributed by atoms with E-state index in [1.165, 1.54) is 6.07 Å². The van der Waals surface area contributed by atoms with Crippen LogP contribution in [0.4, 0.5) is 4.79 Å². The maximum Gasteiger partial charge on any atom is 0.355 e. The highest BCUT2D eigenvalue weighted by Gasteiger charge is 2.23. The Balaban J connectivity index is 2.19. The average molecular weight is 332 g/mol. The van der Waals surface area contributed by atoms with Crippen molar-refractivity contribution in [3.8, 4) is 0 Å². The quantitative estimate of drug-likeness (QED) is 0.616. The zero-order chi connectivity index (χ0) is 18.0. The first-order chi connectivity index (χ1) is 11.9. The lowest BCUT2D eigenvalue weighted by molar-refractivity contribution is 0.250. The van der Waals surface area contributed by atoms with Gasteiger partial charge in [-0.3, -0.25) is 4.79 Å². The molecule has 0 N–H and O–H groups in total. The van der Waals surface area contributed by atoms with Gasteiger partial charge in [0, 0.05) is 11.5 Å². The molecule has 25 heavy (non-hydrogen) atoms. The minimum Gasteiger partial charge on any atom is -0.269 e. The molecule has 0 aliphatic rings. The van der Waals surface area contributed by atoms with E-state index in [0.29, 0.717) is 11.2 Å². The molecule has 0 bridgehead atoms. The van der Waals surface area contributed by atoms with Crippen molar-refractivity contribution in [3.63, 3.8) is 0 Å². The van der Waals surface area contributed by atoms with E-state index in [9.17, 15) is 9.59 Å². The number of aromatic nitrogens is 1. The second-order valence-electron chi connectivity index (χ2n) is 6.92. The van der Waals surface area contributed by atoms with E-state index in [4.69, 9.17) is 0 Å². The fourth-order valence-corrected chi connectivity index (χ4v) is 2.79. The number of benzene rings is 2. The third kappa shape index (κ3) is 3.43. The topological polar surface area (TPSA) is 51.4 Å². The van der Waals surface area contributed by atoms with E-state index in [0.717, 1.165) is 15.5 Å². The van der Waals surface area contributed by atoms with Gasteiger partial charge in [0.1, 0.15) is 0 Å². The van der Waals surface area contributed by atoms with Gasteiger partial charge in [-0.05, 0) is 23.1 Å². The maximum atomic E-state index is 12.9. The van der Waals surface area contributed by atoms with Gasteiger partial charge in [-0.1, -0.05) is 69.3 Å². The van der Waals surface area contributed by atoms with Gasteiger partial charge < -0.3 is 0 Å². The van der Waals surface area contributed by atoms with Gasteiger partial charge in [0.2, 0.25) is 0 Å². The Labute approximate surface area is 146 Å². The van der Waals surface area contributed by atoms with Crippen LogP contribution in [0.5, 0.6) is 0 Å². The van der Waals surface area contributed by atoms with Crippen LogP contribution in [0.3, 0.4) is 0 Å². The SMILES string of the molecule is CC(C)(C)/C(=N\C(=O)n1c(=O)ccc2ccccc21)c1ccccc1. The Morgan fingerprint density at radius 3 is 2.20 bits per heavy atom. The van der Waals surface area contributed by atoms with Crippen molar-refractivity contribution < 1.29 is 4.79 Å². The predicted molar refractivity (Wildman–Crippen MR) is 101 cm³/mol. The van der Waals surface area contributed by atoms with Crippen molar-refractivity contribution in [3.05, 3.63) is 82.6 Å². The van der Waals surface area contributed by atoms with Gasteiger partial charge in [-0.2, -0.15) is 4.99 Å². The van der Waals surface area contributed by atoms with Crippen molar-refractivity contribution in [2.75, 3.05) is 0 Å². The summed E-state index contributed by atoms with van der Waals surface area (Å²) < 4.78 is 1.13. The molecule has 0 saturated heterocycles. The number of hydrogen-bond acceptors (Lipinski definition) is 2. The van der Waals surface area contributed by atoms with Crippen molar-refractivity contribution in [2.24, 2.45) is 10.4 Å². The third-order valence-corrected chi connectivity index (χ3v) is 3.96. The summed E-state index contributed by atoms with van der Waals surface area (Å²) in [5.74, 6) is 0. The first-order valence-electron chi connectivity index (χ1n) is 8.17. The summed E-state index contributed by atoms with van der Waals surface area (Å²) in [4.78, 5) is 29.5. The summed E-state index contributed by atoms with van der Waals surface area (Å²) in [6, 6.07) is 19.4. The second kappa shape index (κ2) is 6.48. The number of rotatable bonds is 1. The Morgan fingerprint density at radius 1 is 0.880 bits per heavy atom. The van der Waals surface area contributed by atoms with Crippen LogP contribution in [0.1, 0.15) is 26.3 Å². The molecule has 4 heteroatoms. The Hall–Kier alpha value is -3.01. The number of carbonyl (C=O) groups is 1. The third-order valence-electron chi connectivity index (χ3n) is 3.96. The summed E-state index contributed by atoms with van der Waals surface area (Å²) in [7, 11) is 0. The molecule has 1 heterocycles. The van der Waals surface area contributed by atoms with Crippen molar-refractivity contribution in [1.29, 1.82) is 0 Å². The van der Waals surface area contributed by atoms with Crippen molar-refractivity contribution >= 4 is 22.6 Å². The van der Waals surface area contributed by atoms with E-state index in [1.54, 1.807) is 18.2 Å². The minimum atomic E-state index is -0.574. The number of para-hydroxylation sites is 1. The molecule has 1 aromatic heterocycles. The second-order valence-corrected chi connectivity index (χ2v) is 6.92. The zero-order valence-corrected chi connectivity index (χ0v) is 14.6. The van der Waals surface area contributed by atoms with Crippen LogP contribution in [0.15, 0.2) is 76.5 Å². The molecule has 0 aliphatic carbocycles. The molecule has 0 aliphatic heterocycles. The van der Waals surface area contributed by atoms with Crippen LogP contribution in [-0.2, 0) is 0 Å². The molecule has 0 spiro atoms. The van der Waals surface area contributed by atoms with E-state index >= 15 is 0 Å². The average Bonchev–Trinajstić information content (AvgIpc) is 2.59. The van der Waals surface area contributed by atoms with Gasteiger partial charge in [0.05, 0.1) is 11.2 Å². The highest BCUT2D eigenvalue weighted by molar-refractivity contribution is 6.10. The van der Waals surface area contributed by atoms with E-state index < -0.39 is 6.03 Å². The summed E-state index contributed by atoms with van der Waals surface area (Å²) in [6.07, 6.45) is 0. The summed E-state index contributed by atoms with van der Waals surface area (Å²) in [5.41, 5.74) is 1.36. The van der Waals surface area contributed by atoms with E-state index in [1.807, 2.05) is 63.2 Å². The van der Waals surface area contributed by atoms with Crippen LogP contribution in [0.25, 0.3) is 10.9 Å². The number of amides is 1. The lowest BCUT2D eigenvalue weighted by Gasteiger charge is -2.21. The molecule has 0 atom stereocenters. The Morgan fingerprint density at radius 2 is 1.52 bits per heavy atom. The van der Waals surface area contributed by atoms with Crippen LogP contribution in [0, 0.1) is 5.41 Å². The molecule has 0 fully saturated rings. The summed E-state index contributed by atoms with van der Waals surface area (Å²) >= 11 is 0. The highest BCUT2D eigenvalue weighted by atomic mass is 16.2. The smallest absolute Gasteiger partial charge is 0.269 e. The number of aliphatic imine (C=N–C) groups is 1. The molecule has 0 unspecified atom stereocenters. The van der Waals surface area contributed by atoms with Gasteiger partial charge in [-0.15, -0.1) is 0 Å². The van der Waals surface area contributed by atoms with Gasteiger partial charge in [0.25, 0.3) is 5.56 Å². The lowest BCUT2D eigenvalue weighted by atomic mass is 9.85. The molecule has 3 rings (SSSR count). The maximum absolute atomic E-state index is 12.9. The van der Waals surface area contributed by atoms with Crippen LogP contribution < -0.4 is 5.56 Å². The molecule has 0 radical (unpaired) electrons. The standard InChI is InChI=1S/C21H20N2O2/c1-21(2,3)19(16-10-5-4-6-11-16)22-20(25)23-17-12-8-7-9-15(17)13-14-18(23)24/h4-14H,1-3H3/b22-19-. The lowest BCUT2D eigenvalue weighted by Crippen LogP contribution is -2.28. The van der Waals surface area contributed by atoms with E-state index in [2.05, 4.69) is 4.99 Å². The molecular formula is C21H20N2O2. The number of nitrogens with zero attached hydrogens (tertiary/aromatic N) is 2. The zero-order valence-electron chi connectivity index (χ0n) is 14.6. The molecule has 4 nitrogen and oxygen atoms in total. The monoisotopic (exact) mass is 332 g/mol. The van der Waals surface area contributed by atoms with Crippen LogP contribution in [-0.4, -0.2) is 16.3 Å². The van der Waals surface area contributed by atoms with Gasteiger partial charge in [-0.25, -0.2) is 9.36 Å². The van der Waals surface area contributed by atoms with Gasteiger partial charge in [0.15, 0.2) is 0 Å².